The molecule has 1 radical (unpaired) electrons. The zero-order chi connectivity index (χ0) is 26.4. The molecule has 2 heterocycles. The molecule has 0 bridgehead atoms. The molecule has 2 aromatic carbocycles. The summed E-state index contributed by atoms with van der Waals surface area (Å²) in [6.45, 7) is 4.32. The van der Waals surface area contributed by atoms with E-state index in [0.29, 0.717) is 10.6 Å². The van der Waals surface area contributed by atoms with E-state index in [1.165, 1.54) is 24.0 Å². The monoisotopic (exact) mass is 531 g/mol. The number of hydrogen-bond acceptors (Lipinski definition) is 5. The lowest BCUT2D eigenvalue weighted by Crippen LogP contribution is -2.84. The van der Waals surface area contributed by atoms with E-state index >= 15 is 0 Å². The van der Waals surface area contributed by atoms with Crippen molar-refractivity contribution in [2.75, 3.05) is 13.1 Å². The fraction of sp³-hybridized carbons (Fsp3) is 0.360. The van der Waals surface area contributed by atoms with E-state index in [9.17, 15) is 22.8 Å². The average molecular weight is 532 g/mol. The second kappa shape index (κ2) is 9.49. The number of amides is 3. The third kappa shape index (κ3) is 4.16. The van der Waals surface area contributed by atoms with E-state index in [4.69, 9.17) is 17.3 Å². The minimum absolute atomic E-state index is 0.0463. The van der Waals surface area contributed by atoms with Crippen molar-refractivity contribution in [1.82, 2.24) is 14.1 Å². The number of sulfonamides is 1. The van der Waals surface area contributed by atoms with E-state index in [0.717, 1.165) is 9.21 Å². The molecule has 36 heavy (non-hydrogen) atoms. The number of piperazine rings is 1. The van der Waals surface area contributed by atoms with Gasteiger partial charge in [-0.25, -0.2) is 8.42 Å². The summed E-state index contributed by atoms with van der Waals surface area (Å²) < 4.78 is 28.8. The zero-order valence-electron chi connectivity index (χ0n) is 20.2. The van der Waals surface area contributed by atoms with Crippen LogP contribution in [0, 0.1) is 5.92 Å². The fourth-order valence-electron chi connectivity index (χ4n) is 4.86. The topological polar surface area (TPSA) is 121 Å². The number of primary amides is 1. The van der Waals surface area contributed by atoms with Crippen LogP contribution in [0.1, 0.15) is 26.3 Å². The summed E-state index contributed by atoms with van der Waals surface area (Å²) in [6, 6.07) is 12.9. The first kappa shape index (κ1) is 26.1. The highest BCUT2D eigenvalue weighted by Gasteiger charge is 2.65. The molecule has 2 fully saturated rings. The third-order valence-electron chi connectivity index (χ3n) is 6.74. The van der Waals surface area contributed by atoms with Crippen LogP contribution in [0.5, 0.6) is 0 Å². The number of hydrogen-bond donors (Lipinski definition) is 1. The quantitative estimate of drug-likeness (QED) is 0.609. The van der Waals surface area contributed by atoms with Crippen LogP contribution < -0.4 is 5.73 Å². The molecule has 2 unspecified atom stereocenters. The molecule has 2 N–H and O–H groups in total. The van der Waals surface area contributed by atoms with Crippen LogP contribution in [0.15, 0.2) is 59.5 Å². The Kier molecular flexibility index (Phi) is 6.89. The van der Waals surface area contributed by atoms with Crippen molar-refractivity contribution in [2.24, 2.45) is 5.73 Å². The van der Waals surface area contributed by atoms with Crippen LogP contribution in [0.25, 0.3) is 0 Å². The van der Waals surface area contributed by atoms with Crippen molar-refractivity contribution >= 4 is 39.3 Å². The first-order valence-electron chi connectivity index (χ1n) is 11.5. The molecule has 2 aliphatic heterocycles. The number of halogens is 1. The zero-order valence-corrected chi connectivity index (χ0v) is 21.8. The second-order valence-electron chi connectivity index (χ2n) is 9.37. The van der Waals surface area contributed by atoms with Crippen LogP contribution in [-0.4, -0.2) is 71.1 Å². The average Bonchev–Trinajstić information content (AvgIpc) is 2.84. The van der Waals surface area contributed by atoms with Gasteiger partial charge in [0.2, 0.25) is 27.5 Å². The summed E-state index contributed by atoms with van der Waals surface area (Å²) in [6.07, 6.45) is 0.0481. The summed E-state index contributed by atoms with van der Waals surface area (Å²) >= 11 is 6.01. The molecule has 3 amide bonds. The van der Waals surface area contributed by atoms with Gasteiger partial charge in [0.25, 0.3) is 5.91 Å². The molecular formula is C25H28ClN4O5S. The molecule has 191 valence electrons. The molecule has 0 spiro atoms. The second-order valence-corrected chi connectivity index (χ2v) is 11.7. The van der Waals surface area contributed by atoms with Gasteiger partial charge in [-0.1, -0.05) is 41.9 Å². The summed E-state index contributed by atoms with van der Waals surface area (Å²) in [7, 11) is -4.30. The van der Waals surface area contributed by atoms with Gasteiger partial charge < -0.3 is 15.5 Å². The Bertz CT molecular complexity index is 1290. The smallest absolute Gasteiger partial charge is 0.261 e. The summed E-state index contributed by atoms with van der Waals surface area (Å²) in [5.41, 5.74) is 4.54. The van der Waals surface area contributed by atoms with Gasteiger partial charge in [0, 0.05) is 24.0 Å². The van der Waals surface area contributed by atoms with Crippen molar-refractivity contribution in [3.8, 4) is 0 Å². The van der Waals surface area contributed by atoms with Crippen LogP contribution in [0.3, 0.4) is 0 Å². The predicted octanol–water partition coefficient (Wildman–Crippen LogP) is 1.81. The van der Waals surface area contributed by atoms with Crippen LogP contribution >= 0.6 is 11.6 Å². The Hall–Kier alpha value is -2.95. The van der Waals surface area contributed by atoms with Crippen molar-refractivity contribution in [3.05, 3.63) is 71.1 Å². The summed E-state index contributed by atoms with van der Waals surface area (Å²) in [5.74, 6) is -1.82. The van der Waals surface area contributed by atoms with Gasteiger partial charge in [0.15, 0.2) is 0 Å². The highest BCUT2D eigenvalue weighted by Crippen LogP contribution is 2.41. The molecule has 11 heteroatoms. The largest absolute Gasteiger partial charge is 0.366 e. The number of nitrogens with two attached hydrogens (primary N) is 1. The number of fused-ring (bicyclic) bond motifs is 1. The Morgan fingerprint density at radius 2 is 1.72 bits per heavy atom. The Morgan fingerprint density at radius 3 is 2.28 bits per heavy atom. The Labute approximate surface area is 215 Å². The highest BCUT2D eigenvalue weighted by atomic mass is 35.5. The lowest BCUT2D eigenvalue weighted by atomic mass is 9.88. The summed E-state index contributed by atoms with van der Waals surface area (Å²) in [5, 5.41) is 0.502. The fourth-order valence-corrected chi connectivity index (χ4v) is 6.74. The van der Waals surface area contributed by atoms with Gasteiger partial charge in [0.1, 0.15) is 6.04 Å². The Morgan fingerprint density at radius 1 is 1.11 bits per heavy atom. The van der Waals surface area contributed by atoms with Crippen LogP contribution in [0.4, 0.5) is 0 Å². The maximum atomic E-state index is 13.9. The van der Waals surface area contributed by atoms with Gasteiger partial charge in [0.05, 0.1) is 17.4 Å². The van der Waals surface area contributed by atoms with Gasteiger partial charge in [-0.3, -0.25) is 14.4 Å². The number of nitrogens with zero attached hydrogens (tertiary/aromatic N) is 3. The molecule has 2 aliphatic rings. The highest BCUT2D eigenvalue weighted by molar-refractivity contribution is 7.89. The van der Waals surface area contributed by atoms with Crippen molar-refractivity contribution in [3.63, 3.8) is 0 Å². The minimum atomic E-state index is -4.30. The molecule has 0 aromatic heterocycles. The van der Waals surface area contributed by atoms with E-state index in [-0.39, 0.29) is 36.4 Å². The standard InChI is InChI=1S/C25H28ClN4O5S/c1-16(2)28-15-25(24(27)33)29(36(34,35)20-7-5-4-6-8-20)14-17(3)22(31)30(25)21(23(28)32)13-18-9-11-19(26)12-10-18/h4-12,16,21H,13-15H2,1-3H3,(H2,27,33). The first-order valence-corrected chi connectivity index (χ1v) is 13.3. The number of carbonyl (C=O) groups is 3. The van der Waals surface area contributed by atoms with Gasteiger partial charge in [-0.05, 0) is 50.6 Å². The molecule has 9 nitrogen and oxygen atoms in total. The number of benzene rings is 2. The number of rotatable bonds is 6. The van der Waals surface area contributed by atoms with Crippen LogP contribution in [0.2, 0.25) is 5.02 Å². The lowest BCUT2D eigenvalue weighted by molar-refractivity contribution is -0.184. The van der Waals surface area contributed by atoms with E-state index in [1.807, 2.05) is 0 Å². The maximum absolute atomic E-state index is 13.9. The minimum Gasteiger partial charge on any atom is -0.366 e. The third-order valence-corrected chi connectivity index (χ3v) is 8.87. The van der Waals surface area contributed by atoms with Crippen molar-refractivity contribution < 1.29 is 22.8 Å². The maximum Gasteiger partial charge on any atom is 0.261 e. The molecule has 0 saturated carbocycles. The molecule has 2 aromatic rings. The van der Waals surface area contributed by atoms with Crippen LogP contribution in [-0.2, 0) is 30.8 Å². The molecule has 4 rings (SSSR count). The Balaban J connectivity index is 1.94. The van der Waals surface area contributed by atoms with Gasteiger partial charge in [-0.2, -0.15) is 4.31 Å². The summed E-state index contributed by atoms with van der Waals surface area (Å²) in [4.78, 5) is 43.1. The normalized spacial score (nSPS) is 23.8. The van der Waals surface area contributed by atoms with E-state index in [1.54, 1.807) is 56.3 Å². The SMILES string of the molecule is C[C]1CN(S(=O)(=O)c2ccccc2)C2(C(N)=O)CN(C(C)C)C(=O)C(Cc3ccc(Cl)cc3)N2C1=O. The number of carbonyl (C=O) groups excluding carboxylic acids is 3. The van der Waals surface area contributed by atoms with E-state index in [2.05, 4.69) is 0 Å². The predicted molar refractivity (Wildman–Crippen MR) is 134 cm³/mol. The molecule has 2 atom stereocenters. The van der Waals surface area contributed by atoms with Crippen molar-refractivity contribution in [1.29, 1.82) is 0 Å². The van der Waals surface area contributed by atoms with Gasteiger partial charge >= 0.3 is 0 Å². The molecule has 2 saturated heterocycles. The van der Waals surface area contributed by atoms with Crippen molar-refractivity contribution in [2.45, 2.75) is 49.8 Å². The lowest BCUT2D eigenvalue weighted by Gasteiger charge is -2.59. The first-order chi connectivity index (χ1) is 16.9. The molecule has 0 aliphatic carbocycles. The van der Waals surface area contributed by atoms with E-state index < -0.39 is 39.4 Å². The molecular weight excluding hydrogens is 504 g/mol. The van der Waals surface area contributed by atoms with Gasteiger partial charge in [-0.15, -0.1) is 0 Å².